The van der Waals surface area contributed by atoms with Gasteiger partial charge in [0.25, 0.3) is 0 Å². The molecule has 0 spiro atoms. The molecule has 1 saturated heterocycles. The van der Waals surface area contributed by atoms with Crippen LogP contribution in [0.4, 0.5) is 0 Å². The summed E-state index contributed by atoms with van der Waals surface area (Å²) in [6.07, 6.45) is 0.920. The van der Waals surface area contributed by atoms with Gasteiger partial charge >= 0.3 is 5.97 Å². The largest absolute Gasteiger partial charge is 0.493 e. The van der Waals surface area contributed by atoms with Gasteiger partial charge in [0.05, 0.1) is 19.5 Å². The minimum absolute atomic E-state index is 0.0729. The van der Waals surface area contributed by atoms with Crippen LogP contribution in [0, 0.1) is 0 Å². The highest BCUT2D eigenvalue weighted by Crippen LogP contribution is 2.34. The first-order valence-electron chi connectivity index (χ1n) is 9.18. The Morgan fingerprint density at radius 3 is 2.47 bits per heavy atom. The molecule has 3 rings (SSSR count). The quantitative estimate of drug-likeness (QED) is 0.472. The monoisotopic (exact) mass is 446 g/mol. The Balaban J connectivity index is 1.66. The standard InChI is InChI=1S/C21H22N2O5S2/c1-26-17-10-13(11-18-19(24)23-21(29)30-18)5-8-16(17)28-14-6-3-12(4-7-14)9-15(22)20(25)27-2/h3-8,10,15,18H,9,11,22H2,1-2H3,(H,23,24,29)/t15-,18?/m0/s1. The SMILES string of the molecule is COC(=O)[C@@H](N)Cc1ccc(Oc2ccc(CC3SC(=S)NC3=O)cc2OC)cc1. The number of carbonyl (C=O) groups is 2. The van der Waals surface area contributed by atoms with Crippen molar-refractivity contribution in [3.05, 3.63) is 53.6 Å². The van der Waals surface area contributed by atoms with Gasteiger partial charge in [-0.25, -0.2) is 0 Å². The van der Waals surface area contributed by atoms with Crippen LogP contribution in [0.5, 0.6) is 17.2 Å². The zero-order valence-corrected chi connectivity index (χ0v) is 18.2. The van der Waals surface area contributed by atoms with E-state index in [2.05, 4.69) is 10.1 Å². The molecule has 1 amide bonds. The van der Waals surface area contributed by atoms with E-state index in [1.807, 2.05) is 30.3 Å². The van der Waals surface area contributed by atoms with Gasteiger partial charge in [0.15, 0.2) is 11.5 Å². The lowest BCUT2D eigenvalue weighted by molar-refractivity contribution is -0.142. The number of rotatable bonds is 8. The molecule has 2 aromatic rings. The molecule has 1 fully saturated rings. The second kappa shape index (κ2) is 9.92. The number of ether oxygens (including phenoxy) is 3. The Bertz CT molecular complexity index is 949. The van der Waals surface area contributed by atoms with Crippen molar-refractivity contribution in [2.24, 2.45) is 5.73 Å². The number of esters is 1. The highest BCUT2D eigenvalue weighted by atomic mass is 32.2. The average Bonchev–Trinajstić information content (AvgIpc) is 3.06. The maximum Gasteiger partial charge on any atom is 0.322 e. The van der Waals surface area contributed by atoms with Gasteiger partial charge in [0.2, 0.25) is 5.91 Å². The van der Waals surface area contributed by atoms with Gasteiger partial charge in [-0.05, 0) is 48.2 Å². The zero-order chi connectivity index (χ0) is 21.7. The molecule has 7 nitrogen and oxygen atoms in total. The lowest BCUT2D eigenvalue weighted by Gasteiger charge is -2.14. The fourth-order valence-electron chi connectivity index (χ4n) is 2.97. The molecule has 1 aliphatic rings. The Morgan fingerprint density at radius 1 is 1.17 bits per heavy atom. The number of nitrogens with one attached hydrogen (secondary N) is 1. The Labute approximate surface area is 184 Å². The number of hydrogen-bond acceptors (Lipinski definition) is 8. The lowest BCUT2D eigenvalue weighted by atomic mass is 10.1. The summed E-state index contributed by atoms with van der Waals surface area (Å²) >= 11 is 6.40. The predicted octanol–water partition coefficient (Wildman–Crippen LogP) is 2.59. The summed E-state index contributed by atoms with van der Waals surface area (Å²) < 4.78 is 16.5. The topological polar surface area (TPSA) is 99.9 Å². The van der Waals surface area contributed by atoms with E-state index in [1.54, 1.807) is 19.2 Å². The smallest absolute Gasteiger partial charge is 0.322 e. The van der Waals surface area contributed by atoms with Crippen molar-refractivity contribution >= 4 is 40.2 Å². The van der Waals surface area contributed by atoms with Crippen LogP contribution in [0.15, 0.2) is 42.5 Å². The summed E-state index contributed by atoms with van der Waals surface area (Å²) in [4.78, 5) is 23.3. The summed E-state index contributed by atoms with van der Waals surface area (Å²) in [6, 6.07) is 12.1. The van der Waals surface area contributed by atoms with Crippen molar-refractivity contribution in [3.63, 3.8) is 0 Å². The fraction of sp³-hybridized carbons (Fsp3) is 0.286. The number of benzene rings is 2. The van der Waals surface area contributed by atoms with Crippen LogP contribution < -0.4 is 20.5 Å². The van der Waals surface area contributed by atoms with E-state index < -0.39 is 12.0 Å². The predicted molar refractivity (Wildman–Crippen MR) is 119 cm³/mol. The molecule has 0 aromatic heterocycles. The van der Waals surface area contributed by atoms with Crippen LogP contribution in [0.3, 0.4) is 0 Å². The highest BCUT2D eigenvalue weighted by molar-refractivity contribution is 8.24. The van der Waals surface area contributed by atoms with E-state index >= 15 is 0 Å². The van der Waals surface area contributed by atoms with Crippen molar-refractivity contribution in [3.8, 4) is 17.2 Å². The Morgan fingerprint density at radius 2 is 1.87 bits per heavy atom. The molecule has 0 aliphatic carbocycles. The van der Waals surface area contributed by atoms with Crippen molar-refractivity contribution in [1.29, 1.82) is 0 Å². The number of carbonyl (C=O) groups excluding carboxylic acids is 2. The molecule has 1 aliphatic heterocycles. The van der Waals surface area contributed by atoms with Crippen molar-refractivity contribution in [1.82, 2.24) is 5.32 Å². The molecule has 9 heteroatoms. The van der Waals surface area contributed by atoms with Gasteiger partial charge in [-0.3, -0.25) is 9.59 Å². The van der Waals surface area contributed by atoms with Crippen molar-refractivity contribution in [2.75, 3.05) is 14.2 Å². The maximum absolute atomic E-state index is 11.9. The normalized spacial score (nSPS) is 16.7. The van der Waals surface area contributed by atoms with Gasteiger partial charge < -0.3 is 25.3 Å². The van der Waals surface area contributed by atoms with Crippen LogP contribution in [-0.4, -0.2) is 41.7 Å². The third-order valence-electron chi connectivity index (χ3n) is 4.53. The molecular formula is C21H22N2O5S2. The number of hydrogen-bond donors (Lipinski definition) is 2. The molecule has 158 valence electrons. The molecule has 2 atom stereocenters. The molecule has 1 heterocycles. The Kier molecular flexibility index (Phi) is 7.30. The average molecular weight is 447 g/mol. The molecule has 2 aromatic carbocycles. The molecule has 30 heavy (non-hydrogen) atoms. The summed E-state index contributed by atoms with van der Waals surface area (Å²) in [7, 11) is 2.88. The first-order valence-corrected chi connectivity index (χ1v) is 10.5. The van der Waals surface area contributed by atoms with Crippen LogP contribution >= 0.6 is 24.0 Å². The van der Waals surface area contributed by atoms with Crippen LogP contribution in [0.25, 0.3) is 0 Å². The Hall–Kier alpha value is -2.62. The zero-order valence-electron chi connectivity index (χ0n) is 16.5. The number of methoxy groups -OCH3 is 2. The summed E-state index contributed by atoms with van der Waals surface area (Å²) in [5.41, 5.74) is 7.64. The van der Waals surface area contributed by atoms with E-state index in [9.17, 15) is 9.59 Å². The number of nitrogens with two attached hydrogens (primary N) is 1. The molecule has 0 saturated carbocycles. The minimum atomic E-state index is -0.705. The van der Waals surface area contributed by atoms with Crippen LogP contribution in [-0.2, 0) is 27.2 Å². The summed E-state index contributed by atoms with van der Waals surface area (Å²) in [6.45, 7) is 0. The van der Waals surface area contributed by atoms with Gasteiger partial charge in [-0.2, -0.15) is 0 Å². The number of thioether (sulfide) groups is 1. The van der Waals surface area contributed by atoms with Gasteiger partial charge in [-0.15, -0.1) is 0 Å². The molecule has 0 bridgehead atoms. The van der Waals surface area contributed by atoms with Crippen molar-refractivity contribution in [2.45, 2.75) is 24.1 Å². The molecular weight excluding hydrogens is 424 g/mol. The van der Waals surface area contributed by atoms with Crippen molar-refractivity contribution < 1.29 is 23.8 Å². The minimum Gasteiger partial charge on any atom is -0.493 e. The van der Waals surface area contributed by atoms with Crippen LogP contribution in [0.1, 0.15) is 11.1 Å². The molecule has 0 radical (unpaired) electrons. The highest BCUT2D eigenvalue weighted by Gasteiger charge is 2.29. The van der Waals surface area contributed by atoms with Crippen LogP contribution in [0.2, 0.25) is 0 Å². The second-order valence-corrected chi connectivity index (χ2v) is 8.53. The first kappa shape index (κ1) is 22.1. The van der Waals surface area contributed by atoms with E-state index in [0.29, 0.717) is 34.4 Å². The number of amides is 1. The molecule has 1 unspecified atom stereocenters. The van der Waals surface area contributed by atoms with E-state index in [4.69, 9.17) is 27.4 Å². The number of thiocarbonyl (C=S) groups is 1. The van der Waals surface area contributed by atoms with E-state index in [0.717, 1.165) is 11.1 Å². The van der Waals surface area contributed by atoms with Gasteiger partial charge in [-0.1, -0.05) is 42.2 Å². The lowest BCUT2D eigenvalue weighted by Crippen LogP contribution is -2.33. The van der Waals surface area contributed by atoms with Gasteiger partial charge in [0.1, 0.15) is 16.1 Å². The van der Waals surface area contributed by atoms with Gasteiger partial charge in [0, 0.05) is 0 Å². The second-order valence-electron chi connectivity index (χ2n) is 6.65. The van der Waals surface area contributed by atoms with E-state index in [1.165, 1.54) is 18.9 Å². The van der Waals surface area contributed by atoms with E-state index in [-0.39, 0.29) is 11.2 Å². The fourth-order valence-corrected chi connectivity index (χ4v) is 4.28. The molecule has 3 N–H and O–H groups in total. The maximum atomic E-state index is 11.9. The third-order valence-corrected chi connectivity index (χ3v) is 5.90. The summed E-state index contributed by atoms with van der Waals surface area (Å²) in [5, 5.41) is 2.41. The summed E-state index contributed by atoms with van der Waals surface area (Å²) in [5.74, 6) is 1.22. The first-order chi connectivity index (χ1) is 14.4. The third kappa shape index (κ3) is 5.50.